The van der Waals surface area contributed by atoms with E-state index in [9.17, 15) is 19.7 Å². The van der Waals surface area contributed by atoms with Gasteiger partial charge in [-0.25, -0.2) is 9.59 Å². The number of non-ortho nitro benzene ring substituents is 1. The molecular weight excluding hydrogens is 330 g/mol. The Bertz CT molecular complexity index is 605. The number of piperidine rings is 1. The van der Waals surface area contributed by atoms with Crippen molar-refractivity contribution in [3.63, 3.8) is 0 Å². The fraction of sp³-hybridized carbons (Fsp3) is 0.375. The lowest BCUT2D eigenvalue weighted by Gasteiger charge is -2.33. The molecule has 3 N–H and O–H groups in total. The number of nitrogens with zero attached hydrogens (tertiary/aromatic N) is 2. The van der Waals surface area contributed by atoms with Gasteiger partial charge in [-0.2, -0.15) is 0 Å². The molecule has 1 aromatic rings. The Labute approximate surface area is 144 Å². The molecule has 1 aliphatic heterocycles. The summed E-state index contributed by atoms with van der Waals surface area (Å²) < 4.78 is 0. The zero-order valence-corrected chi connectivity index (χ0v) is 13.8. The van der Waals surface area contributed by atoms with Crippen LogP contribution in [-0.4, -0.2) is 53.3 Å². The van der Waals surface area contributed by atoms with Gasteiger partial charge in [0.25, 0.3) is 5.69 Å². The normalized spacial score (nSPS) is 14.7. The zero-order valence-electron chi connectivity index (χ0n) is 13.8. The van der Waals surface area contributed by atoms with Gasteiger partial charge in [-0.15, -0.1) is 0 Å². The van der Waals surface area contributed by atoms with Crippen molar-refractivity contribution in [2.75, 3.05) is 25.0 Å². The molecule has 2 rings (SSSR count). The molecule has 0 amide bonds. The molecule has 9 nitrogen and oxygen atoms in total. The second kappa shape index (κ2) is 10.0. The van der Waals surface area contributed by atoms with Crippen molar-refractivity contribution in [1.82, 2.24) is 5.32 Å². The van der Waals surface area contributed by atoms with Crippen LogP contribution < -0.4 is 10.2 Å². The SMILES string of the molecule is CNC1CCN(c2ccc([N+](=O)[O-])cc2)CC1.O=C(O)C=CC(=O)O. The molecule has 0 unspecified atom stereocenters. The molecule has 25 heavy (non-hydrogen) atoms. The molecule has 1 fully saturated rings. The van der Waals surface area contributed by atoms with Gasteiger partial charge in [-0.3, -0.25) is 10.1 Å². The summed E-state index contributed by atoms with van der Waals surface area (Å²) in [7, 11) is 1.99. The number of anilines is 1. The van der Waals surface area contributed by atoms with Crippen molar-refractivity contribution >= 4 is 23.3 Å². The molecule has 0 radical (unpaired) electrons. The van der Waals surface area contributed by atoms with Crippen molar-refractivity contribution in [3.05, 3.63) is 46.5 Å². The van der Waals surface area contributed by atoms with Crippen LogP contribution in [0, 0.1) is 10.1 Å². The van der Waals surface area contributed by atoms with Crippen LogP contribution in [0.3, 0.4) is 0 Å². The summed E-state index contributed by atoms with van der Waals surface area (Å²) in [6.45, 7) is 2.01. The van der Waals surface area contributed by atoms with Crippen LogP contribution in [0.1, 0.15) is 12.8 Å². The predicted octanol–water partition coefficient (Wildman–Crippen LogP) is 1.49. The van der Waals surface area contributed by atoms with Crippen LogP contribution >= 0.6 is 0 Å². The predicted molar refractivity (Wildman–Crippen MR) is 91.8 cm³/mol. The number of nitrogens with one attached hydrogen (secondary N) is 1. The minimum Gasteiger partial charge on any atom is -0.478 e. The van der Waals surface area contributed by atoms with Gasteiger partial charge in [0, 0.05) is 49.1 Å². The van der Waals surface area contributed by atoms with E-state index in [0.29, 0.717) is 18.2 Å². The largest absolute Gasteiger partial charge is 0.478 e. The molecule has 0 aromatic heterocycles. The maximum absolute atomic E-state index is 10.6. The van der Waals surface area contributed by atoms with E-state index < -0.39 is 11.9 Å². The summed E-state index contributed by atoms with van der Waals surface area (Å²) >= 11 is 0. The zero-order chi connectivity index (χ0) is 18.8. The Morgan fingerprint density at radius 2 is 1.64 bits per heavy atom. The number of nitro benzene ring substituents is 1. The number of nitro groups is 1. The monoisotopic (exact) mass is 351 g/mol. The van der Waals surface area contributed by atoms with E-state index in [2.05, 4.69) is 10.2 Å². The van der Waals surface area contributed by atoms with Gasteiger partial charge >= 0.3 is 11.9 Å². The topological polar surface area (TPSA) is 133 Å². The number of benzene rings is 1. The summed E-state index contributed by atoms with van der Waals surface area (Å²) in [6.07, 6.45) is 3.35. The summed E-state index contributed by atoms with van der Waals surface area (Å²) in [5.41, 5.74) is 1.23. The van der Waals surface area contributed by atoms with E-state index in [1.165, 1.54) is 0 Å². The number of hydrogen-bond acceptors (Lipinski definition) is 6. The quantitative estimate of drug-likeness (QED) is 0.413. The van der Waals surface area contributed by atoms with Gasteiger partial charge in [0.05, 0.1) is 4.92 Å². The van der Waals surface area contributed by atoms with Crippen molar-refractivity contribution in [3.8, 4) is 0 Å². The molecule has 1 aromatic carbocycles. The number of carboxylic acid groups (broad SMARTS) is 2. The Balaban J connectivity index is 0.000000333. The summed E-state index contributed by atoms with van der Waals surface area (Å²) in [5, 5.41) is 29.5. The van der Waals surface area contributed by atoms with Crippen LogP contribution in [-0.2, 0) is 9.59 Å². The molecule has 0 spiro atoms. The summed E-state index contributed by atoms with van der Waals surface area (Å²) in [6, 6.07) is 7.40. The molecule has 1 heterocycles. The lowest BCUT2D eigenvalue weighted by molar-refractivity contribution is -0.384. The molecule has 136 valence electrons. The third kappa shape index (κ3) is 7.44. The van der Waals surface area contributed by atoms with E-state index in [-0.39, 0.29) is 10.6 Å². The highest BCUT2D eigenvalue weighted by Gasteiger charge is 2.18. The van der Waals surface area contributed by atoms with Crippen molar-refractivity contribution in [2.45, 2.75) is 18.9 Å². The second-order valence-electron chi connectivity index (χ2n) is 5.33. The third-order valence-corrected chi connectivity index (χ3v) is 3.70. The van der Waals surface area contributed by atoms with Crippen LogP contribution in [0.15, 0.2) is 36.4 Å². The van der Waals surface area contributed by atoms with Crippen LogP contribution in [0.25, 0.3) is 0 Å². The van der Waals surface area contributed by atoms with E-state index in [1.807, 2.05) is 19.2 Å². The van der Waals surface area contributed by atoms with E-state index >= 15 is 0 Å². The van der Waals surface area contributed by atoms with Crippen molar-refractivity contribution in [1.29, 1.82) is 0 Å². The number of aliphatic carboxylic acids is 2. The molecule has 0 saturated carbocycles. The standard InChI is InChI=1S/C12H17N3O2.C4H4O4/c1-13-10-6-8-14(9-7-10)11-2-4-12(5-3-11)15(16)17;5-3(6)1-2-4(7)8/h2-5,10,13H,6-9H2,1H3;1-2H,(H,5,6)(H,7,8). The molecule has 0 bridgehead atoms. The first-order valence-corrected chi connectivity index (χ1v) is 7.64. The van der Waals surface area contributed by atoms with Gasteiger partial charge in [-0.05, 0) is 32.0 Å². The van der Waals surface area contributed by atoms with Gasteiger partial charge in [-0.1, -0.05) is 0 Å². The molecule has 9 heteroatoms. The first-order chi connectivity index (χ1) is 11.8. The number of carboxylic acids is 2. The second-order valence-corrected chi connectivity index (χ2v) is 5.33. The van der Waals surface area contributed by atoms with Gasteiger partial charge in [0.2, 0.25) is 0 Å². The maximum atomic E-state index is 10.6. The smallest absolute Gasteiger partial charge is 0.328 e. The molecule has 0 aliphatic carbocycles. The maximum Gasteiger partial charge on any atom is 0.328 e. The minimum atomic E-state index is -1.26. The number of hydrogen-bond donors (Lipinski definition) is 3. The number of rotatable bonds is 5. The van der Waals surface area contributed by atoms with E-state index in [0.717, 1.165) is 31.6 Å². The Kier molecular flexibility index (Phi) is 8.07. The van der Waals surface area contributed by atoms with Gasteiger partial charge in [0.1, 0.15) is 0 Å². The summed E-state index contributed by atoms with van der Waals surface area (Å²) in [4.78, 5) is 31.6. The van der Waals surface area contributed by atoms with E-state index in [1.54, 1.807) is 12.1 Å². The first-order valence-electron chi connectivity index (χ1n) is 7.64. The van der Waals surface area contributed by atoms with Gasteiger partial charge < -0.3 is 20.4 Å². The fourth-order valence-electron chi connectivity index (χ4n) is 2.35. The lowest BCUT2D eigenvalue weighted by Crippen LogP contribution is -2.41. The highest BCUT2D eigenvalue weighted by Crippen LogP contribution is 2.22. The van der Waals surface area contributed by atoms with Crippen LogP contribution in [0.4, 0.5) is 11.4 Å². The van der Waals surface area contributed by atoms with Crippen LogP contribution in [0.2, 0.25) is 0 Å². The fourth-order valence-corrected chi connectivity index (χ4v) is 2.35. The molecule has 1 saturated heterocycles. The highest BCUT2D eigenvalue weighted by molar-refractivity contribution is 5.89. The summed E-state index contributed by atoms with van der Waals surface area (Å²) in [5.74, 6) is -2.51. The average molecular weight is 351 g/mol. The van der Waals surface area contributed by atoms with Crippen LogP contribution in [0.5, 0.6) is 0 Å². The first kappa shape index (κ1) is 20.1. The highest BCUT2D eigenvalue weighted by atomic mass is 16.6. The Hall–Kier alpha value is -2.94. The van der Waals surface area contributed by atoms with Crippen molar-refractivity contribution in [2.24, 2.45) is 0 Å². The number of carbonyl (C=O) groups is 2. The van der Waals surface area contributed by atoms with E-state index in [4.69, 9.17) is 10.2 Å². The molecule has 1 aliphatic rings. The lowest BCUT2D eigenvalue weighted by atomic mass is 10.0. The Morgan fingerprint density at radius 3 is 2.00 bits per heavy atom. The minimum absolute atomic E-state index is 0.152. The third-order valence-electron chi connectivity index (χ3n) is 3.70. The van der Waals surface area contributed by atoms with Gasteiger partial charge in [0.15, 0.2) is 0 Å². The Morgan fingerprint density at radius 1 is 1.16 bits per heavy atom. The molecule has 0 atom stereocenters. The molecular formula is C16H21N3O6. The van der Waals surface area contributed by atoms with Crippen molar-refractivity contribution < 1.29 is 24.7 Å². The average Bonchev–Trinajstić information content (AvgIpc) is 2.60.